The van der Waals surface area contributed by atoms with Crippen molar-refractivity contribution in [2.75, 3.05) is 39.6 Å². The molecular formula is C38H68N2O4. The highest BCUT2D eigenvalue weighted by Crippen LogP contribution is 2.15. The minimum Gasteiger partial charge on any atom is -0.446 e. The second-order valence-electron chi connectivity index (χ2n) is 12.6. The number of benzene rings is 1. The van der Waals surface area contributed by atoms with Gasteiger partial charge >= 0.3 is 11.9 Å². The Labute approximate surface area is 271 Å². The zero-order chi connectivity index (χ0) is 32.1. The number of unbranched alkanes of at least 4 members (excludes halogenated alkanes) is 16. The van der Waals surface area contributed by atoms with Crippen molar-refractivity contribution in [3.8, 4) is 0 Å². The maximum atomic E-state index is 13.2. The summed E-state index contributed by atoms with van der Waals surface area (Å²) in [5, 5.41) is 0. The second kappa shape index (κ2) is 28.5. The molecule has 6 heteroatoms. The molecule has 6 nitrogen and oxygen atoms in total. The van der Waals surface area contributed by atoms with E-state index in [0.717, 1.165) is 51.9 Å². The lowest BCUT2D eigenvalue weighted by Gasteiger charge is -2.23. The third-order valence-electron chi connectivity index (χ3n) is 8.43. The number of carbonyl (C=O) groups excluding carboxylic acids is 2. The quantitative estimate of drug-likeness (QED) is 0.0487. The predicted molar refractivity (Wildman–Crippen MR) is 185 cm³/mol. The van der Waals surface area contributed by atoms with Gasteiger partial charge in [-0.25, -0.2) is 9.59 Å². The van der Waals surface area contributed by atoms with Crippen LogP contribution in [-0.4, -0.2) is 61.4 Å². The van der Waals surface area contributed by atoms with E-state index in [1.165, 1.54) is 103 Å². The van der Waals surface area contributed by atoms with Gasteiger partial charge in [-0.05, 0) is 37.8 Å². The van der Waals surface area contributed by atoms with E-state index >= 15 is 0 Å². The number of esters is 2. The first-order chi connectivity index (χ1) is 21.6. The molecule has 254 valence electrons. The topological polar surface area (TPSA) is 59.1 Å². The number of ether oxygens (including phenoxy) is 2. The number of nitrogens with zero attached hydrogens (tertiary/aromatic N) is 2. The molecule has 0 bridgehead atoms. The van der Waals surface area contributed by atoms with E-state index in [1.807, 2.05) is 0 Å². The third kappa shape index (κ3) is 20.2. The lowest BCUT2D eigenvalue weighted by molar-refractivity contribution is 0.0164. The van der Waals surface area contributed by atoms with E-state index in [2.05, 4.69) is 37.5 Å². The molecule has 0 atom stereocenters. The van der Waals surface area contributed by atoms with E-state index in [-0.39, 0.29) is 24.6 Å². The Bertz CT molecular complexity index is 736. The summed E-state index contributed by atoms with van der Waals surface area (Å²) >= 11 is 0. The summed E-state index contributed by atoms with van der Waals surface area (Å²) in [7, 11) is 0. The predicted octanol–water partition coefficient (Wildman–Crippen LogP) is 10.4. The molecular weight excluding hydrogens is 548 g/mol. The molecule has 0 saturated heterocycles. The molecule has 1 aromatic rings. The van der Waals surface area contributed by atoms with E-state index in [4.69, 9.17) is 9.47 Å². The van der Waals surface area contributed by atoms with E-state index in [1.54, 1.807) is 24.3 Å². The van der Waals surface area contributed by atoms with Gasteiger partial charge in [-0.3, -0.25) is 9.80 Å². The first-order valence-electron chi connectivity index (χ1n) is 18.4. The maximum Gasteiger partial charge on any atom is 0.340 e. The van der Waals surface area contributed by atoms with E-state index in [9.17, 15) is 9.59 Å². The molecule has 0 radical (unpaired) electrons. The molecule has 0 N–H and O–H groups in total. The highest BCUT2D eigenvalue weighted by molar-refractivity contribution is 6.03. The van der Waals surface area contributed by atoms with E-state index in [0.29, 0.717) is 0 Å². The SMILES string of the molecule is CCCCCCCN(CCCCCCC)COC(=O)c1ccccc1C(=O)OCN(CCCCCCC)CCCCCCC. The average molecular weight is 617 g/mol. The van der Waals surface area contributed by atoms with Crippen LogP contribution in [0.3, 0.4) is 0 Å². The number of carbonyl (C=O) groups is 2. The van der Waals surface area contributed by atoms with Gasteiger partial charge < -0.3 is 9.47 Å². The minimum absolute atomic E-state index is 0.258. The summed E-state index contributed by atoms with van der Waals surface area (Å²) in [6.07, 6.45) is 24.3. The van der Waals surface area contributed by atoms with Gasteiger partial charge in [0.2, 0.25) is 0 Å². The van der Waals surface area contributed by atoms with Crippen molar-refractivity contribution in [3.63, 3.8) is 0 Å². The fourth-order valence-corrected chi connectivity index (χ4v) is 5.53. The highest BCUT2D eigenvalue weighted by Gasteiger charge is 2.21. The van der Waals surface area contributed by atoms with Gasteiger partial charge in [0.05, 0.1) is 11.1 Å². The Kier molecular flexibility index (Phi) is 26.0. The van der Waals surface area contributed by atoms with Crippen LogP contribution in [0.2, 0.25) is 0 Å². The Morgan fingerprint density at radius 2 is 0.727 bits per heavy atom. The zero-order valence-electron chi connectivity index (χ0n) is 29.2. The summed E-state index contributed by atoms with van der Waals surface area (Å²) in [4.78, 5) is 31.0. The molecule has 0 saturated carbocycles. The number of hydrogen-bond acceptors (Lipinski definition) is 6. The molecule has 0 aromatic heterocycles. The molecule has 0 aliphatic carbocycles. The van der Waals surface area contributed by atoms with Gasteiger partial charge in [-0.1, -0.05) is 143 Å². The molecule has 44 heavy (non-hydrogen) atoms. The summed E-state index contributed by atoms with van der Waals surface area (Å²) in [6, 6.07) is 6.92. The van der Waals surface area contributed by atoms with Crippen LogP contribution < -0.4 is 0 Å². The van der Waals surface area contributed by atoms with Gasteiger partial charge in [-0.15, -0.1) is 0 Å². The van der Waals surface area contributed by atoms with Crippen LogP contribution in [0.1, 0.15) is 177 Å². The van der Waals surface area contributed by atoms with Crippen molar-refractivity contribution >= 4 is 11.9 Å². The Morgan fingerprint density at radius 3 is 1.00 bits per heavy atom. The van der Waals surface area contributed by atoms with Crippen LogP contribution in [-0.2, 0) is 9.47 Å². The van der Waals surface area contributed by atoms with Crippen molar-refractivity contribution in [1.82, 2.24) is 9.80 Å². The monoisotopic (exact) mass is 617 g/mol. The normalized spacial score (nSPS) is 11.4. The lowest BCUT2D eigenvalue weighted by atomic mass is 10.1. The van der Waals surface area contributed by atoms with Gasteiger partial charge in [0, 0.05) is 26.2 Å². The van der Waals surface area contributed by atoms with Crippen LogP contribution in [0.25, 0.3) is 0 Å². The van der Waals surface area contributed by atoms with Crippen molar-refractivity contribution in [2.24, 2.45) is 0 Å². The van der Waals surface area contributed by atoms with Gasteiger partial charge in [-0.2, -0.15) is 0 Å². The Hall–Kier alpha value is -1.92. The molecule has 0 amide bonds. The molecule has 1 rings (SSSR count). The zero-order valence-corrected chi connectivity index (χ0v) is 29.2. The van der Waals surface area contributed by atoms with Gasteiger partial charge in [0.25, 0.3) is 0 Å². The van der Waals surface area contributed by atoms with E-state index < -0.39 is 11.9 Å². The molecule has 0 aliphatic rings. The maximum absolute atomic E-state index is 13.2. The molecule has 0 unspecified atom stereocenters. The second-order valence-corrected chi connectivity index (χ2v) is 12.6. The Morgan fingerprint density at radius 1 is 0.455 bits per heavy atom. The average Bonchev–Trinajstić information content (AvgIpc) is 3.04. The molecule has 0 aliphatic heterocycles. The van der Waals surface area contributed by atoms with Crippen LogP contribution in [0, 0.1) is 0 Å². The van der Waals surface area contributed by atoms with Crippen molar-refractivity contribution < 1.29 is 19.1 Å². The first kappa shape index (κ1) is 40.1. The first-order valence-corrected chi connectivity index (χ1v) is 18.4. The minimum atomic E-state index is -0.455. The largest absolute Gasteiger partial charge is 0.446 e. The molecule has 0 spiro atoms. The fraction of sp³-hybridized carbons (Fsp3) is 0.789. The fourth-order valence-electron chi connectivity index (χ4n) is 5.53. The number of hydrogen-bond donors (Lipinski definition) is 0. The third-order valence-corrected chi connectivity index (χ3v) is 8.43. The summed E-state index contributed by atoms with van der Waals surface area (Å²) < 4.78 is 11.6. The summed E-state index contributed by atoms with van der Waals surface area (Å²) in [6.45, 7) is 13.2. The van der Waals surface area contributed by atoms with Crippen LogP contribution >= 0.6 is 0 Å². The standard InChI is InChI=1S/C38H68N2O4/c1-5-9-13-17-23-29-39(30-24-18-14-10-6-2)33-43-37(41)35-27-21-22-28-36(35)38(42)44-34-40(31-25-19-15-11-7-3)32-26-20-16-12-8-4/h21-22,27-28H,5-20,23-26,29-34H2,1-4H3. The molecule has 0 heterocycles. The van der Waals surface area contributed by atoms with Gasteiger partial charge in [0.15, 0.2) is 0 Å². The van der Waals surface area contributed by atoms with Crippen LogP contribution in [0.5, 0.6) is 0 Å². The lowest BCUT2D eigenvalue weighted by Crippen LogP contribution is -2.31. The highest BCUT2D eigenvalue weighted by atomic mass is 16.6. The van der Waals surface area contributed by atoms with Gasteiger partial charge in [0.1, 0.15) is 13.5 Å². The Balaban J connectivity index is 2.73. The smallest absolute Gasteiger partial charge is 0.340 e. The van der Waals surface area contributed by atoms with Crippen LogP contribution in [0.4, 0.5) is 0 Å². The molecule has 0 fully saturated rings. The van der Waals surface area contributed by atoms with Crippen molar-refractivity contribution in [2.45, 2.75) is 156 Å². The summed E-state index contributed by atoms with van der Waals surface area (Å²) in [5.41, 5.74) is 0.572. The van der Waals surface area contributed by atoms with Crippen molar-refractivity contribution in [3.05, 3.63) is 35.4 Å². The van der Waals surface area contributed by atoms with Crippen LogP contribution in [0.15, 0.2) is 24.3 Å². The summed E-state index contributed by atoms with van der Waals surface area (Å²) in [5.74, 6) is -0.911. The van der Waals surface area contributed by atoms with Crippen molar-refractivity contribution in [1.29, 1.82) is 0 Å². The molecule has 1 aromatic carbocycles. The number of rotatable bonds is 30.